The second kappa shape index (κ2) is 8.49. The maximum atomic E-state index is 12.4. The molecule has 0 saturated heterocycles. The number of pyridine rings is 1. The number of nitrogens with one attached hydrogen (secondary N) is 1. The van der Waals surface area contributed by atoms with Gasteiger partial charge in [0.25, 0.3) is 0 Å². The van der Waals surface area contributed by atoms with Crippen LogP contribution in [0.3, 0.4) is 0 Å². The third-order valence-corrected chi connectivity index (χ3v) is 5.29. The lowest BCUT2D eigenvalue weighted by molar-refractivity contribution is 0.0988. The first-order valence-corrected chi connectivity index (χ1v) is 10.0. The Morgan fingerprint density at radius 2 is 2.10 bits per heavy atom. The summed E-state index contributed by atoms with van der Waals surface area (Å²) >= 11 is 0. The van der Waals surface area contributed by atoms with Crippen LogP contribution in [0.4, 0.5) is 11.8 Å². The maximum Gasteiger partial charge on any atom is 0.227 e. The van der Waals surface area contributed by atoms with E-state index in [0.717, 1.165) is 22.6 Å². The van der Waals surface area contributed by atoms with Crippen molar-refractivity contribution in [3.05, 3.63) is 70.7 Å². The van der Waals surface area contributed by atoms with E-state index < -0.39 is 0 Å². The van der Waals surface area contributed by atoms with Crippen LogP contribution in [0.1, 0.15) is 46.1 Å². The van der Waals surface area contributed by atoms with Crippen molar-refractivity contribution < 1.29 is 9.53 Å². The third kappa shape index (κ3) is 3.96. The van der Waals surface area contributed by atoms with Crippen molar-refractivity contribution in [2.45, 2.75) is 39.9 Å². The summed E-state index contributed by atoms with van der Waals surface area (Å²) in [6.07, 6.45) is 3.83. The summed E-state index contributed by atoms with van der Waals surface area (Å²) in [4.78, 5) is 28.1. The number of aromatic nitrogens is 3. The van der Waals surface area contributed by atoms with Gasteiger partial charge in [0.15, 0.2) is 5.78 Å². The van der Waals surface area contributed by atoms with Crippen LogP contribution < -0.4 is 15.0 Å². The number of aryl methyl sites for hydroxylation is 1. The summed E-state index contributed by atoms with van der Waals surface area (Å²) in [7, 11) is 1.66. The van der Waals surface area contributed by atoms with E-state index in [1.807, 2.05) is 32.0 Å². The van der Waals surface area contributed by atoms with Crippen LogP contribution in [0.25, 0.3) is 0 Å². The summed E-state index contributed by atoms with van der Waals surface area (Å²) < 4.78 is 5.33. The van der Waals surface area contributed by atoms with Gasteiger partial charge < -0.3 is 15.0 Å². The summed E-state index contributed by atoms with van der Waals surface area (Å²) in [6.45, 7) is 5.77. The molecule has 0 aliphatic carbocycles. The Kier molecular flexibility index (Phi) is 5.61. The largest absolute Gasteiger partial charge is 0.496 e. The van der Waals surface area contributed by atoms with Crippen molar-refractivity contribution in [1.29, 1.82) is 0 Å². The number of Topliss-reactive ketones (excluding diaryl/α,β-unsaturated/α-hetero) is 1. The molecular formula is C23H25N5O2. The van der Waals surface area contributed by atoms with Gasteiger partial charge in [-0.1, -0.05) is 25.1 Å². The zero-order chi connectivity index (χ0) is 21.1. The van der Waals surface area contributed by atoms with Crippen LogP contribution >= 0.6 is 0 Å². The summed E-state index contributed by atoms with van der Waals surface area (Å²) in [6, 6.07) is 10.0. The van der Waals surface area contributed by atoms with Gasteiger partial charge in [0.2, 0.25) is 5.95 Å². The molecule has 1 N–H and O–H groups in total. The van der Waals surface area contributed by atoms with Gasteiger partial charge in [-0.05, 0) is 35.7 Å². The predicted molar refractivity (Wildman–Crippen MR) is 116 cm³/mol. The molecule has 0 saturated carbocycles. The number of fused-ring (bicyclic) bond motifs is 1. The molecule has 0 spiro atoms. The van der Waals surface area contributed by atoms with Gasteiger partial charge in [-0.2, -0.15) is 4.98 Å². The molecule has 1 aromatic carbocycles. The number of methoxy groups -OCH3 is 1. The molecule has 7 nitrogen and oxygen atoms in total. The lowest BCUT2D eigenvalue weighted by Crippen LogP contribution is -2.20. The van der Waals surface area contributed by atoms with Crippen molar-refractivity contribution in [3.63, 3.8) is 0 Å². The van der Waals surface area contributed by atoms with Crippen molar-refractivity contribution in [1.82, 2.24) is 15.0 Å². The number of ketones is 1. The highest BCUT2D eigenvalue weighted by atomic mass is 16.5. The number of carbonyl (C=O) groups excluding carboxylic acids is 1. The molecule has 0 radical (unpaired) electrons. The van der Waals surface area contributed by atoms with Crippen LogP contribution in [-0.4, -0.2) is 27.8 Å². The van der Waals surface area contributed by atoms with E-state index in [1.54, 1.807) is 19.5 Å². The second-order valence-electron chi connectivity index (χ2n) is 7.33. The fourth-order valence-electron chi connectivity index (χ4n) is 3.63. The number of anilines is 2. The average Bonchev–Trinajstić information content (AvgIpc) is 3.21. The Balaban J connectivity index is 1.58. The monoisotopic (exact) mass is 403 g/mol. The van der Waals surface area contributed by atoms with Crippen LogP contribution in [0.15, 0.2) is 42.7 Å². The van der Waals surface area contributed by atoms with Crippen LogP contribution in [-0.2, 0) is 19.6 Å². The van der Waals surface area contributed by atoms with Gasteiger partial charge in [0.05, 0.1) is 24.9 Å². The first-order valence-electron chi connectivity index (χ1n) is 10.0. The van der Waals surface area contributed by atoms with Gasteiger partial charge in [0.1, 0.15) is 11.6 Å². The molecule has 0 fully saturated rings. The Bertz CT molecular complexity index is 1060. The number of benzene rings is 1. The predicted octanol–water partition coefficient (Wildman–Crippen LogP) is 3.91. The zero-order valence-electron chi connectivity index (χ0n) is 17.5. The first-order chi connectivity index (χ1) is 14.6. The number of nitrogens with zero attached hydrogens (tertiary/aromatic N) is 4. The molecule has 1 aliphatic heterocycles. The second-order valence-corrected chi connectivity index (χ2v) is 7.33. The molecule has 7 heteroatoms. The minimum Gasteiger partial charge on any atom is -0.496 e. The summed E-state index contributed by atoms with van der Waals surface area (Å²) in [5.74, 6) is 2.02. The highest BCUT2D eigenvalue weighted by Gasteiger charge is 2.23. The highest BCUT2D eigenvalue weighted by Crippen LogP contribution is 2.27. The molecular weight excluding hydrogens is 378 g/mol. The number of ether oxygens (including phenoxy) is 1. The molecule has 30 heavy (non-hydrogen) atoms. The molecule has 154 valence electrons. The molecule has 0 bridgehead atoms. The topological polar surface area (TPSA) is 80.2 Å². The third-order valence-electron chi connectivity index (χ3n) is 5.29. The Morgan fingerprint density at radius 1 is 1.23 bits per heavy atom. The average molecular weight is 403 g/mol. The van der Waals surface area contributed by atoms with Crippen molar-refractivity contribution in [2.24, 2.45) is 0 Å². The Labute approximate surface area is 176 Å². The zero-order valence-corrected chi connectivity index (χ0v) is 17.5. The highest BCUT2D eigenvalue weighted by molar-refractivity contribution is 6.00. The fraction of sp³-hybridized carbons (Fsp3) is 0.304. The minimum absolute atomic E-state index is 0.0151. The minimum atomic E-state index is 0.0151. The van der Waals surface area contributed by atoms with Crippen LogP contribution in [0.5, 0.6) is 5.75 Å². The van der Waals surface area contributed by atoms with Crippen LogP contribution in [0.2, 0.25) is 0 Å². The molecule has 0 atom stereocenters. The lowest BCUT2D eigenvalue weighted by atomic mass is 10.1. The summed E-state index contributed by atoms with van der Waals surface area (Å²) in [5.41, 5.74) is 4.88. The Morgan fingerprint density at radius 3 is 2.83 bits per heavy atom. The number of hydrogen-bond acceptors (Lipinski definition) is 7. The van der Waals surface area contributed by atoms with E-state index in [-0.39, 0.29) is 5.78 Å². The van der Waals surface area contributed by atoms with E-state index in [0.29, 0.717) is 43.4 Å². The van der Waals surface area contributed by atoms with Gasteiger partial charge >= 0.3 is 0 Å². The number of rotatable bonds is 7. The number of hydrogen-bond donors (Lipinski definition) is 1. The van der Waals surface area contributed by atoms with E-state index in [4.69, 9.17) is 9.72 Å². The van der Waals surface area contributed by atoms with Crippen molar-refractivity contribution in [3.8, 4) is 5.75 Å². The Hall–Kier alpha value is -3.48. The van der Waals surface area contributed by atoms with Gasteiger partial charge in [-0.3, -0.25) is 9.78 Å². The van der Waals surface area contributed by atoms with Crippen molar-refractivity contribution >= 4 is 17.5 Å². The van der Waals surface area contributed by atoms with Crippen molar-refractivity contribution in [2.75, 3.05) is 17.3 Å². The quantitative estimate of drug-likeness (QED) is 0.599. The standard InChI is InChI=1S/C23H25N5O2/c1-4-20(29)18-12-26-23(28-13-17-6-5-9-24-19(17)14-28)27-22(18)25-11-16-7-8-21(30-3)15(2)10-16/h5-10,12H,4,11,13-14H2,1-3H3,(H,25,26,27). The lowest BCUT2D eigenvalue weighted by Gasteiger charge is -2.18. The SMILES string of the molecule is CCC(=O)c1cnc(N2Cc3cccnc3C2)nc1NCc1ccc(OC)c(C)c1. The van der Waals surface area contributed by atoms with E-state index in [9.17, 15) is 4.79 Å². The number of carbonyl (C=O) groups is 1. The van der Waals surface area contributed by atoms with Gasteiger partial charge in [-0.15, -0.1) is 0 Å². The molecule has 3 heterocycles. The van der Waals surface area contributed by atoms with E-state index >= 15 is 0 Å². The molecule has 1 aliphatic rings. The molecule has 2 aromatic heterocycles. The smallest absolute Gasteiger partial charge is 0.227 e. The maximum absolute atomic E-state index is 12.4. The summed E-state index contributed by atoms with van der Waals surface area (Å²) in [5, 5.41) is 3.34. The van der Waals surface area contributed by atoms with Gasteiger partial charge in [0, 0.05) is 31.9 Å². The van der Waals surface area contributed by atoms with E-state index in [1.165, 1.54) is 5.56 Å². The fourth-order valence-corrected chi connectivity index (χ4v) is 3.63. The van der Waals surface area contributed by atoms with Gasteiger partial charge in [-0.25, -0.2) is 4.98 Å². The molecule has 0 amide bonds. The van der Waals surface area contributed by atoms with E-state index in [2.05, 4.69) is 32.3 Å². The molecule has 3 aromatic rings. The first kappa shape index (κ1) is 19.8. The normalized spacial score (nSPS) is 12.6. The molecule has 4 rings (SSSR count). The van der Waals surface area contributed by atoms with Crippen LogP contribution in [0, 0.1) is 6.92 Å². The molecule has 0 unspecified atom stereocenters.